The van der Waals surface area contributed by atoms with E-state index in [4.69, 9.17) is 5.11 Å². The van der Waals surface area contributed by atoms with Crippen LogP contribution < -0.4 is 5.32 Å². The number of amides is 1. The van der Waals surface area contributed by atoms with E-state index < -0.39 is 41.4 Å². The topological polar surface area (TPSA) is 66.4 Å². The lowest BCUT2D eigenvalue weighted by atomic mass is 10.0. The molecule has 6 heteroatoms. The van der Waals surface area contributed by atoms with E-state index in [1.807, 2.05) is 0 Å². The Morgan fingerprint density at radius 3 is 2.33 bits per heavy atom. The molecule has 1 aromatic rings. The zero-order valence-corrected chi connectivity index (χ0v) is 11.8. The third-order valence-electron chi connectivity index (χ3n) is 3.73. The molecule has 4 nitrogen and oxygen atoms in total. The average Bonchev–Trinajstić information content (AvgIpc) is 3.15. The molecule has 0 radical (unpaired) electrons. The second-order valence-electron chi connectivity index (χ2n) is 5.65. The minimum absolute atomic E-state index is 0.0888. The Hall–Kier alpha value is -1.98. The molecular weight excluding hydrogens is 280 g/mol. The summed E-state index contributed by atoms with van der Waals surface area (Å²) in [5, 5.41) is 11.5. The highest BCUT2D eigenvalue weighted by Gasteiger charge is 2.47. The molecule has 1 amide bonds. The van der Waals surface area contributed by atoms with Gasteiger partial charge >= 0.3 is 5.97 Å². The van der Waals surface area contributed by atoms with Crippen LogP contribution in [-0.2, 0) is 9.59 Å². The Labute approximate surface area is 121 Å². The summed E-state index contributed by atoms with van der Waals surface area (Å²) in [5.74, 6) is -4.29. The highest BCUT2D eigenvalue weighted by atomic mass is 19.1. The quantitative estimate of drug-likeness (QED) is 0.876. The smallest absolute Gasteiger partial charge is 0.326 e. The predicted octanol–water partition coefficient (Wildman–Crippen LogP) is 2.29. The van der Waals surface area contributed by atoms with Crippen molar-refractivity contribution >= 4 is 11.9 Å². The number of hydrogen-bond donors (Lipinski definition) is 2. The van der Waals surface area contributed by atoms with Crippen LogP contribution in [0.5, 0.6) is 0 Å². The first-order valence-corrected chi connectivity index (χ1v) is 6.80. The molecule has 0 heterocycles. The molecule has 3 unspecified atom stereocenters. The van der Waals surface area contributed by atoms with E-state index in [1.165, 1.54) is 6.07 Å². The summed E-state index contributed by atoms with van der Waals surface area (Å²) in [6, 6.07) is 2.58. The van der Waals surface area contributed by atoms with Crippen molar-refractivity contribution in [2.45, 2.75) is 32.2 Å². The molecule has 2 N–H and O–H groups in total. The zero-order chi connectivity index (χ0) is 15.7. The van der Waals surface area contributed by atoms with Gasteiger partial charge in [-0.1, -0.05) is 19.9 Å². The number of aliphatic carboxylic acids is 1. The van der Waals surface area contributed by atoms with E-state index in [0.29, 0.717) is 6.42 Å². The monoisotopic (exact) mass is 297 g/mol. The summed E-state index contributed by atoms with van der Waals surface area (Å²) < 4.78 is 27.3. The van der Waals surface area contributed by atoms with Crippen LogP contribution in [0.3, 0.4) is 0 Å². The number of halogens is 2. The van der Waals surface area contributed by atoms with Gasteiger partial charge in [0.15, 0.2) is 0 Å². The second kappa shape index (κ2) is 5.79. The lowest BCUT2D eigenvalue weighted by molar-refractivity contribution is -0.143. The van der Waals surface area contributed by atoms with Gasteiger partial charge in [0.1, 0.15) is 17.7 Å². The predicted molar refractivity (Wildman–Crippen MR) is 71.6 cm³/mol. The van der Waals surface area contributed by atoms with Crippen molar-refractivity contribution in [2.24, 2.45) is 11.8 Å². The van der Waals surface area contributed by atoms with Crippen molar-refractivity contribution in [3.63, 3.8) is 0 Å². The molecule has 0 bridgehead atoms. The van der Waals surface area contributed by atoms with Gasteiger partial charge in [0.25, 0.3) is 0 Å². The SMILES string of the molecule is CC(C)C(NC(=O)C1CC1c1c(F)cccc1F)C(=O)O. The Bertz CT molecular complexity index is 554. The van der Waals surface area contributed by atoms with Gasteiger partial charge in [-0.2, -0.15) is 0 Å². The van der Waals surface area contributed by atoms with Gasteiger partial charge in [0.2, 0.25) is 5.91 Å². The largest absolute Gasteiger partial charge is 0.480 e. The van der Waals surface area contributed by atoms with Crippen LogP contribution in [0.25, 0.3) is 0 Å². The fourth-order valence-electron chi connectivity index (χ4n) is 2.44. The van der Waals surface area contributed by atoms with Crippen LogP contribution in [0.15, 0.2) is 18.2 Å². The number of carboxylic acids is 1. The summed E-state index contributed by atoms with van der Waals surface area (Å²) in [7, 11) is 0. The fourth-order valence-corrected chi connectivity index (χ4v) is 2.44. The number of hydrogen-bond acceptors (Lipinski definition) is 2. The van der Waals surface area contributed by atoms with Crippen molar-refractivity contribution in [3.05, 3.63) is 35.4 Å². The highest BCUT2D eigenvalue weighted by molar-refractivity contribution is 5.87. The van der Waals surface area contributed by atoms with E-state index in [0.717, 1.165) is 12.1 Å². The van der Waals surface area contributed by atoms with Crippen molar-refractivity contribution in [3.8, 4) is 0 Å². The molecule has 21 heavy (non-hydrogen) atoms. The Morgan fingerprint density at radius 1 is 1.29 bits per heavy atom. The lowest BCUT2D eigenvalue weighted by Crippen LogP contribution is -2.45. The molecule has 0 aromatic heterocycles. The van der Waals surface area contributed by atoms with Crippen LogP contribution in [0.2, 0.25) is 0 Å². The van der Waals surface area contributed by atoms with Crippen LogP contribution >= 0.6 is 0 Å². The van der Waals surface area contributed by atoms with E-state index in [1.54, 1.807) is 13.8 Å². The molecular formula is C15H17F2NO3. The van der Waals surface area contributed by atoms with Gasteiger partial charge in [0.05, 0.1) is 0 Å². The number of benzene rings is 1. The molecule has 2 rings (SSSR count). The molecule has 0 saturated heterocycles. The minimum atomic E-state index is -1.12. The molecule has 3 atom stereocenters. The number of carbonyl (C=O) groups excluding carboxylic acids is 1. The molecule has 1 aliphatic carbocycles. The third-order valence-corrected chi connectivity index (χ3v) is 3.73. The molecule has 1 aliphatic rings. The van der Waals surface area contributed by atoms with E-state index in [-0.39, 0.29) is 11.5 Å². The maximum absolute atomic E-state index is 13.6. The number of nitrogens with one attached hydrogen (secondary N) is 1. The van der Waals surface area contributed by atoms with Gasteiger partial charge in [-0.15, -0.1) is 0 Å². The molecule has 0 spiro atoms. The molecule has 1 fully saturated rings. The summed E-state index contributed by atoms with van der Waals surface area (Å²) in [5.41, 5.74) is -0.0888. The van der Waals surface area contributed by atoms with Crippen molar-refractivity contribution in [1.29, 1.82) is 0 Å². The maximum atomic E-state index is 13.6. The van der Waals surface area contributed by atoms with Crippen molar-refractivity contribution in [2.75, 3.05) is 0 Å². The van der Waals surface area contributed by atoms with Gasteiger partial charge in [-0.3, -0.25) is 4.79 Å². The maximum Gasteiger partial charge on any atom is 0.326 e. The molecule has 114 valence electrons. The molecule has 1 saturated carbocycles. The van der Waals surface area contributed by atoms with Gasteiger partial charge in [-0.05, 0) is 24.5 Å². The van der Waals surface area contributed by atoms with Crippen molar-refractivity contribution in [1.82, 2.24) is 5.32 Å². The van der Waals surface area contributed by atoms with Gasteiger partial charge in [-0.25, -0.2) is 13.6 Å². The normalized spacial score (nSPS) is 22.0. The fraction of sp³-hybridized carbons (Fsp3) is 0.467. The van der Waals surface area contributed by atoms with Crippen LogP contribution in [0, 0.1) is 23.5 Å². The van der Waals surface area contributed by atoms with Crippen LogP contribution in [-0.4, -0.2) is 23.0 Å². The summed E-state index contributed by atoms with van der Waals surface area (Å²) >= 11 is 0. The van der Waals surface area contributed by atoms with E-state index in [2.05, 4.69) is 5.32 Å². The van der Waals surface area contributed by atoms with Crippen LogP contribution in [0.4, 0.5) is 8.78 Å². The van der Waals surface area contributed by atoms with Gasteiger partial charge < -0.3 is 10.4 Å². The number of carbonyl (C=O) groups is 2. The summed E-state index contributed by atoms with van der Waals surface area (Å²) in [6.45, 7) is 3.36. The second-order valence-corrected chi connectivity index (χ2v) is 5.65. The Balaban J connectivity index is 2.06. The zero-order valence-electron chi connectivity index (χ0n) is 11.8. The van der Waals surface area contributed by atoms with E-state index >= 15 is 0 Å². The van der Waals surface area contributed by atoms with E-state index in [9.17, 15) is 18.4 Å². The lowest BCUT2D eigenvalue weighted by Gasteiger charge is -2.17. The summed E-state index contributed by atoms with van der Waals surface area (Å²) in [4.78, 5) is 23.1. The van der Waals surface area contributed by atoms with Crippen molar-refractivity contribution < 1.29 is 23.5 Å². The number of carboxylic acid groups (broad SMARTS) is 1. The number of rotatable bonds is 5. The average molecular weight is 297 g/mol. The summed E-state index contributed by atoms with van der Waals surface area (Å²) in [6.07, 6.45) is 0.328. The first kappa shape index (κ1) is 15.4. The Kier molecular flexibility index (Phi) is 4.25. The third kappa shape index (κ3) is 3.20. The Morgan fingerprint density at radius 2 is 1.86 bits per heavy atom. The van der Waals surface area contributed by atoms with Gasteiger partial charge in [0, 0.05) is 17.4 Å². The standard InChI is InChI=1S/C15H17F2NO3/c1-7(2)13(15(20)21)18-14(19)9-6-8(9)12-10(16)4-3-5-11(12)17/h3-5,7-9,13H,6H2,1-2H3,(H,18,19)(H,20,21). The van der Waals surface area contributed by atoms with Crippen LogP contribution in [0.1, 0.15) is 31.7 Å². The molecule has 0 aliphatic heterocycles. The highest BCUT2D eigenvalue weighted by Crippen LogP contribution is 2.49. The minimum Gasteiger partial charge on any atom is -0.480 e. The first-order chi connectivity index (χ1) is 9.82. The molecule has 1 aromatic carbocycles. The first-order valence-electron chi connectivity index (χ1n) is 6.80.